The molecule has 0 radical (unpaired) electrons. The van der Waals surface area contributed by atoms with Crippen LogP contribution < -0.4 is 0 Å². The predicted octanol–water partition coefficient (Wildman–Crippen LogP) is 2.58. The number of carboxylic acid groups (broad SMARTS) is 1. The summed E-state index contributed by atoms with van der Waals surface area (Å²) in [6, 6.07) is 8.45. The molecule has 17 heavy (non-hydrogen) atoms. The van der Waals surface area contributed by atoms with Gasteiger partial charge in [0.2, 0.25) is 0 Å². The fraction of sp³-hybridized carbons (Fsp3) is 0.154. The summed E-state index contributed by atoms with van der Waals surface area (Å²) in [6.45, 7) is 2.45. The van der Waals surface area contributed by atoms with E-state index in [0.29, 0.717) is 17.7 Å². The Morgan fingerprint density at radius 1 is 1.35 bits per heavy atom. The molecule has 0 saturated carbocycles. The lowest BCUT2D eigenvalue weighted by Gasteiger charge is -2.01. The van der Waals surface area contributed by atoms with Crippen molar-refractivity contribution in [3.8, 4) is 16.9 Å². The maximum absolute atomic E-state index is 11.0. The van der Waals surface area contributed by atoms with Crippen molar-refractivity contribution < 1.29 is 15.0 Å². The molecule has 0 spiro atoms. The summed E-state index contributed by atoms with van der Waals surface area (Å²) >= 11 is 0. The van der Waals surface area contributed by atoms with Crippen molar-refractivity contribution in [2.24, 2.45) is 0 Å². The first kappa shape index (κ1) is 11.3. The van der Waals surface area contributed by atoms with Gasteiger partial charge in [-0.05, 0) is 19.1 Å². The number of hydrogen-bond donors (Lipinski definition) is 2. The fourth-order valence-corrected chi connectivity index (χ4v) is 1.82. The maximum Gasteiger partial charge on any atom is 0.352 e. The summed E-state index contributed by atoms with van der Waals surface area (Å²) in [6.07, 6.45) is 1.73. The molecule has 0 atom stereocenters. The van der Waals surface area contributed by atoms with Crippen LogP contribution in [0, 0.1) is 0 Å². The average Bonchev–Trinajstić information content (AvgIpc) is 2.73. The van der Waals surface area contributed by atoms with Gasteiger partial charge in [0.15, 0.2) is 0 Å². The fourth-order valence-electron chi connectivity index (χ4n) is 1.82. The number of phenolic OH excluding ortho intramolecular Hbond substituents is 1. The third-order valence-electron chi connectivity index (χ3n) is 2.67. The number of aromatic nitrogens is 1. The highest BCUT2D eigenvalue weighted by Gasteiger charge is 2.13. The van der Waals surface area contributed by atoms with Gasteiger partial charge in [-0.3, -0.25) is 0 Å². The predicted molar refractivity (Wildman–Crippen MR) is 64.2 cm³/mol. The lowest BCUT2D eigenvalue weighted by molar-refractivity contribution is 0.0685. The summed E-state index contributed by atoms with van der Waals surface area (Å²) in [4.78, 5) is 11.0. The van der Waals surface area contributed by atoms with Crippen molar-refractivity contribution in [3.05, 3.63) is 42.2 Å². The van der Waals surface area contributed by atoms with E-state index in [1.54, 1.807) is 41.1 Å². The highest BCUT2D eigenvalue weighted by Crippen LogP contribution is 2.30. The molecule has 2 N–H and O–H groups in total. The van der Waals surface area contributed by atoms with E-state index in [1.807, 2.05) is 6.92 Å². The van der Waals surface area contributed by atoms with Gasteiger partial charge >= 0.3 is 5.97 Å². The Labute approximate surface area is 98.8 Å². The largest absolute Gasteiger partial charge is 0.507 e. The number of aromatic carboxylic acids is 1. The Morgan fingerprint density at radius 3 is 2.59 bits per heavy atom. The van der Waals surface area contributed by atoms with Crippen molar-refractivity contribution in [1.82, 2.24) is 4.57 Å². The van der Waals surface area contributed by atoms with Crippen LogP contribution in [0.25, 0.3) is 11.1 Å². The zero-order chi connectivity index (χ0) is 12.4. The van der Waals surface area contributed by atoms with Gasteiger partial charge in [-0.2, -0.15) is 0 Å². The molecule has 0 bridgehead atoms. The molecular formula is C13H13NO3. The van der Waals surface area contributed by atoms with Gasteiger partial charge in [0, 0.05) is 23.9 Å². The number of rotatable bonds is 3. The Bertz CT molecular complexity index is 558. The lowest BCUT2D eigenvalue weighted by Crippen LogP contribution is -2.05. The Kier molecular flexibility index (Phi) is 2.87. The molecule has 0 aliphatic rings. The van der Waals surface area contributed by atoms with E-state index in [1.165, 1.54) is 0 Å². The van der Waals surface area contributed by atoms with Crippen molar-refractivity contribution in [2.75, 3.05) is 0 Å². The summed E-state index contributed by atoms with van der Waals surface area (Å²) in [7, 11) is 0. The van der Waals surface area contributed by atoms with E-state index in [2.05, 4.69) is 0 Å². The van der Waals surface area contributed by atoms with Crippen LogP contribution in [0.4, 0.5) is 0 Å². The molecule has 1 aromatic heterocycles. The van der Waals surface area contributed by atoms with E-state index < -0.39 is 5.97 Å². The highest BCUT2D eigenvalue weighted by atomic mass is 16.4. The summed E-state index contributed by atoms with van der Waals surface area (Å²) in [5.74, 6) is -0.814. The standard InChI is InChI=1S/C13H13NO3/c1-2-14-8-9(7-11(14)13(16)17)10-5-3-4-6-12(10)15/h3-8,15H,2H2,1H3,(H,16,17). The Hall–Kier alpha value is -2.23. The minimum atomic E-state index is -0.964. The van der Waals surface area contributed by atoms with Gasteiger partial charge in [-0.1, -0.05) is 18.2 Å². The van der Waals surface area contributed by atoms with E-state index in [9.17, 15) is 9.90 Å². The second kappa shape index (κ2) is 4.33. The minimum absolute atomic E-state index is 0.151. The smallest absolute Gasteiger partial charge is 0.352 e. The first-order valence-electron chi connectivity index (χ1n) is 5.35. The van der Waals surface area contributed by atoms with E-state index in [-0.39, 0.29) is 11.4 Å². The van der Waals surface area contributed by atoms with Crippen LogP contribution in [0.2, 0.25) is 0 Å². The molecule has 4 heteroatoms. The number of carboxylic acids is 1. The van der Waals surface area contributed by atoms with E-state index in [0.717, 1.165) is 0 Å². The molecule has 2 rings (SSSR count). The number of nitrogens with zero attached hydrogens (tertiary/aromatic N) is 1. The first-order valence-corrected chi connectivity index (χ1v) is 5.35. The molecule has 2 aromatic rings. The van der Waals surface area contributed by atoms with Crippen LogP contribution in [0.15, 0.2) is 36.5 Å². The van der Waals surface area contributed by atoms with Crippen molar-refractivity contribution in [2.45, 2.75) is 13.5 Å². The van der Waals surface area contributed by atoms with Crippen LogP contribution in [-0.4, -0.2) is 20.7 Å². The summed E-state index contributed by atoms with van der Waals surface area (Å²) < 4.78 is 1.64. The van der Waals surface area contributed by atoms with Gasteiger partial charge in [-0.15, -0.1) is 0 Å². The van der Waals surface area contributed by atoms with Gasteiger partial charge in [0.25, 0.3) is 0 Å². The number of para-hydroxylation sites is 1. The van der Waals surface area contributed by atoms with Gasteiger partial charge in [0.05, 0.1) is 0 Å². The van der Waals surface area contributed by atoms with Crippen molar-refractivity contribution in [3.63, 3.8) is 0 Å². The van der Waals surface area contributed by atoms with Crippen LogP contribution >= 0.6 is 0 Å². The SMILES string of the molecule is CCn1cc(-c2ccccc2O)cc1C(=O)O. The Balaban J connectivity index is 2.54. The number of benzene rings is 1. The molecule has 88 valence electrons. The van der Waals surface area contributed by atoms with Gasteiger partial charge in [0.1, 0.15) is 11.4 Å². The van der Waals surface area contributed by atoms with E-state index in [4.69, 9.17) is 5.11 Å². The second-order valence-electron chi connectivity index (χ2n) is 3.72. The monoisotopic (exact) mass is 231 g/mol. The number of aryl methyl sites for hydroxylation is 1. The van der Waals surface area contributed by atoms with Gasteiger partial charge in [-0.25, -0.2) is 4.79 Å². The molecule has 0 unspecified atom stereocenters. The molecule has 0 aliphatic carbocycles. The summed E-state index contributed by atoms with van der Waals surface area (Å²) in [5, 5.41) is 18.8. The number of carbonyl (C=O) groups is 1. The average molecular weight is 231 g/mol. The van der Waals surface area contributed by atoms with Crippen molar-refractivity contribution in [1.29, 1.82) is 0 Å². The zero-order valence-corrected chi connectivity index (χ0v) is 9.42. The molecule has 4 nitrogen and oxygen atoms in total. The third-order valence-corrected chi connectivity index (χ3v) is 2.67. The topological polar surface area (TPSA) is 62.5 Å². The molecular weight excluding hydrogens is 218 g/mol. The molecule has 1 aromatic carbocycles. The number of phenols is 1. The molecule has 0 aliphatic heterocycles. The van der Waals surface area contributed by atoms with Crippen LogP contribution in [0.1, 0.15) is 17.4 Å². The highest BCUT2D eigenvalue weighted by molar-refractivity contribution is 5.88. The molecule has 0 saturated heterocycles. The van der Waals surface area contributed by atoms with E-state index >= 15 is 0 Å². The maximum atomic E-state index is 11.0. The van der Waals surface area contributed by atoms with Gasteiger partial charge < -0.3 is 14.8 Å². The molecule has 0 fully saturated rings. The normalized spacial score (nSPS) is 10.4. The minimum Gasteiger partial charge on any atom is -0.507 e. The molecule has 0 amide bonds. The molecule has 1 heterocycles. The first-order chi connectivity index (χ1) is 8.13. The van der Waals surface area contributed by atoms with Crippen LogP contribution in [-0.2, 0) is 6.54 Å². The summed E-state index contributed by atoms with van der Waals surface area (Å²) in [5.41, 5.74) is 1.58. The third kappa shape index (κ3) is 2.01. The number of aromatic hydroxyl groups is 1. The second-order valence-corrected chi connectivity index (χ2v) is 3.72. The number of hydrogen-bond acceptors (Lipinski definition) is 2. The Morgan fingerprint density at radius 2 is 2.06 bits per heavy atom. The zero-order valence-electron chi connectivity index (χ0n) is 9.42. The van der Waals surface area contributed by atoms with Crippen LogP contribution in [0.3, 0.4) is 0 Å². The quantitative estimate of drug-likeness (QED) is 0.853. The lowest BCUT2D eigenvalue weighted by atomic mass is 10.1. The van der Waals surface area contributed by atoms with Crippen molar-refractivity contribution >= 4 is 5.97 Å². The van der Waals surface area contributed by atoms with Crippen LogP contribution in [0.5, 0.6) is 5.75 Å².